The number of carbonyl (C=O) groups is 1. The Morgan fingerprint density at radius 3 is 2.60 bits per heavy atom. The number of fused-ring (bicyclic) bond motifs is 1. The molecule has 1 amide bonds. The molecule has 1 aromatic carbocycles. The van der Waals surface area contributed by atoms with E-state index in [0.29, 0.717) is 15.8 Å². The average molecular weight is 429 g/mol. The van der Waals surface area contributed by atoms with Gasteiger partial charge in [0.05, 0.1) is 17.7 Å². The van der Waals surface area contributed by atoms with Crippen molar-refractivity contribution >= 4 is 34.4 Å². The first-order chi connectivity index (χ1) is 14.2. The molecule has 30 heavy (non-hydrogen) atoms. The molecule has 0 atom stereocenters. The summed E-state index contributed by atoms with van der Waals surface area (Å²) in [6.07, 6.45) is 1.58. The number of carbonyl (C=O) groups excluding carboxylic acids is 1. The van der Waals surface area contributed by atoms with Gasteiger partial charge in [0.25, 0.3) is 5.56 Å². The molecule has 3 aromatic rings. The van der Waals surface area contributed by atoms with Crippen LogP contribution >= 0.6 is 11.8 Å². The number of methoxy groups -OCH3 is 1. The summed E-state index contributed by atoms with van der Waals surface area (Å²) in [6.45, 7) is 4.16. The van der Waals surface area contributed by atoms with Crippen LogP contribution in [0.2, 0.25) is 0 Å². The number of hydrogen-bond acceptors (Lipinski definition) is 6. The topological polar surface area (TPSA) is 95.2 Å². The molecule has 0 bridgehead atoms. The van der Waals surface area contributed by atoms with Crippen LogP contribution in [0.1, 0.15) is 16.7 Å². The van der Waals surface area contributed by atoms with Crippen molar-refractivity contribution in [3.63, 3.8) is 0 Å². The molecule has 0 aliphatic heterocycles. The van der Waals surface area contributed by atoms with Gasteiger partial charge in [-0.05, 0) is 25.5 Å². The fourth-order valence-corrected chi connectivity index (χ4v) is 4.21. The standard InChI is InChI=1S/C21H24N4O4S/c1-12-6-7-15(13(2)8-12)23-16(26)11-30-18-14(10-29-5)9-22-19-17(18)20(27)25(4)21(28)24(19)3/h6-9H,10-11H2,1-5H3,(H,23,26). The highest BCUT2D eigenvalue weighted by Gasteiger charge is 2.19. The summed E-state index contributed by atoms with van der Waals surface area (Å²) in [5.74, 6) is -0.100. The molecule has 2 heterocycles. The lowest BCUT2D eigenvalue weighted by molar-refractivity contribution is -0.113. The third kappa shape index (κ3) is 4.17. The van der Waals surface area contributed by atoms with Gasteiger partial charge in [-0.25, -0.2) is 9.78 Å². The first kappa shape index (κ1) is 21.8. The average Bonchev–Trinajstić information content (AvgIpc) is 2.71. The van der Waals surface area contributed by atoms with E-state index in [1.807, 2.05) is 32.0 Å². The summed E-state index contributed by atoms with van der Waals surface area (Å²) in [4.78, 5) is 42.6. The Labute approximate surface area is 177 Å². The molecule has 0 radical (unpaired) electrons. The summed E-state index contributed by atoms with van der Waals surface area (Å²) < 4.78 is 7.61. The number of amides is 1. The summed E-state index contributed by atoms with van der Waals surface area (Å²) in [5.41, 5.74) is 2.91. The minimum atomic E-state index is -0.456. The Bertz CT molecular complexity index is 1250. The van der Waals surface area contributed by atoms with Gasteiger partial charge in [-0.15, -0.1) is 11.8 Å². The molecular formula is C21H24N4O4S. The van der Waals surface area contributed by atoms with Gasteiger partial charge in [-0.1, -0.05) is 17.7 Å². The van der Waals surface area contributed by atoms with Crippen LogP contribution in [-0.4, -0.2) is 32.9 Å². The maximum atomic E-state index is 12.8. The number of rotatable bonds is 6. The van der Waals surface area contributed by atoms with Crippen LogP contribution in [0.5, 0.6) is 0 Å². The lowest BCUT2D eigenvalue weighted by Gasteiger charge is -2.14. The third-order valence-corrected chi connectivity index (χ3v) is 5.96. The van der Waals surface area contributed by atoms with Crippen molar-refractivity contribution in [3.05, 3.63) is 61.9 Å². The van der Waals surface area contributed by atoms with Gasteiger partial charge in [-0.3, -0.25) is 18.7 Å². The van der Waals surface area contributed by atoms with Crippen molar-refractivity contribution in [2.45, 2.75) is 25.3 Å². The van der Waals surface area contributed by atoms with E-state index >= 15 is 0 Å². The number of benzene rings is 1. The Morgan fingerprint density at radius 1 is 1.20 bits per heavy atom. The number of aryl methyl sites for hydroxylation is 3. The summed E-state index contributed by atoms with van der Waals surface area (Å²) >= 11 is 1.23. The maximum absolute atomic E-state index is 12.8. The highest BCUT2D eigenvalue weighted by molar-refractivity contribution is 8.00. The lowest BCUT2D eigenvalue weighted by atomic mass is 10.1. The minimum Gasteiger partial charge on any atom is -0.380 e. The summed E-state index contributed by atoms with van der Waals surface area (Å²) in [7, 11) is 4.53. The van der Waals surface area contributed by atoms with Crippen molar-refractivity contribution in [1.82, 2.24) is 14.1 Å². The molecule has 0 aliphatic rings. The van der Waals surface area contributed by atoms with Crippen LogP contribution in [0, 0.1) is 13.8 Å². The first-order valence-corrected chi connectivity index (χ1v) is 10.3. The van der Waals surface area contributed by atoms with E-state index < -0.39 is 11.2 Å². The van der Waals surface area contributed by atoms with Crippen LogP contribution in [0.25, 0.3) is 11.0 Å². The van der Waals surface area contributed by atoms with Crippen molar-refractivity contribution < 1.29 is 9.53 Å². The van der Waals surface area contributed by atoms with Crippen LogP contribution in [0.15, 0.2) is 38.9 Å². The third-order valence-electron chi connectivity index (χ3n) is 4.80. The van der Waals surface area contributed by atoms with Gasteiger partial charge in [0.2, 0.25) is 5.91 Å². The van der Waals surface area contributed by atoms with E-state index in [2.05, 4.69) is 10.3 Å². The van der Waals surface area contributed by atoms with E-state index in [9.17, 15) is 14.4 Å². The molecule has 8 nitrogen and oxygen atoms in total. The van der Waals surface area contributed by atoms with Crippen molar-refractivity contribution in [2.75, 3.05) is 18.2 Å². The van der Waals surface area contributed by atoms with E-state index in [1.165, 1.54) is 23.4 Å². The van der Waals surface area contributed by atoms with Crippen LogP contribution < -0.4 is 16.6 Å². The van der Waals surface area contributed by atoms with Crippen molar-refractivity contribution in [3.8, 4) is 0 Å². The molecule has 158 valence electrons. The molecule has 1 N–H and O–H groups in total. The number of hydrogen-bond donors (Lipinski definition) is 1. The predicted octanol–water partition coefficient (Wildman–Crippen LogP) is 2.13. The monoisotopic (exact) mass is 428 g/mol. The van der Waals surface area contributed by atoms with E-state index in [0.717, 1.165) is 21.4 Å². The molecule has 0 spiro atoms. The molecule has 0 unspecified atom stereocenters. The Balaban J connectivity index is 1.97. The van der Waals surface area contributed by atoms with Gasteiger partial charge in [0, 0.05) is 43.5 Å². The first-order valence-electron chi connectivity index (χ1n) is 9.31. The van der Waals surface area contributed by atoms with Gasteiger partial charge in [0.1, 0.15) is 5.65 Å². The Hall–Kier alpha value is -2.91. The van der Waals surface area contributed by atoms with Gasteiger partial charge in [0.15, 0.2) is 0 Å². The number of anilines is 1. The van der Waals surface area contributed by atoms with Gasteiger partial charge in [-0.2, -0.15) is 0 Å². The minimum absolute atomic E-state index is 0.0924. The number of pyridine rings is 1. The number of ether oxygens (including phenoxy) is 1. The van der Waals surface area contributed by atoms with Crippen LogP contribution in [-0.2, 0) is 30.2 Å². The number of aromatic nitrogens is 3. The Morgan fingerprint density at radius 2 is 1.93 bits per heavy atom. The zero-order valence-electron chi connectivity index (χ0n) is 17.6. The zero-order valence-corrected chi connectivity index (χ0v) is 18.4. The predicted molar refractivity (Wildman–Crippen MR) is 118 cm³/mol. The van der Waals surface area contributed by atoms with Gasteiger partial charge < -0.3 is 10.1 Å². The van der Waals surface area contributed by atoms with Crippen LogP contribution in [0.3, 0.4) is 0 Å². The lowest BCUT2D eigenvalue weighted by Crippen LogP contribution is -2.37. The van der Waals surface area contributed by atoms with E-state index in [-0.39, 0.29) is 23.9 Å². The van der Waals surface area contributed by atoms with Crippen LogP contribution in [0.4, 0.5) is 5.69 Å². The molecule has 0 aliphatic carbocycles. The zero-order chi connectivity index (χ0) is 22.0. The molecule has 0 fully saturated rings. The maximum Gasteiger partial charge on any atom is 0.332 e. The SMILES string of the molecule is COCc1cnc2c(c1SCC(=O)Nc1ccc(C)cc1C)c(=O)n(C)c(=O)n2C. The number of thioether (sulfide) groups is 1. The molecule has 9 heteroatoms. The fraction of sp³-hybridized carbons (Fsp3) is 0.333. The normalized spacial score (nSPS) is 11.1. The largest absolute Gasteiger partial charge is 0.380 e. The molecule has 0 saturated carbocycles. The number of nitrogens with one attached hydrogen (secondary N) is 1. The number of nitrogens with zero attached hydrogens (tertiary/aromatic N) is 3. The molecule has 2 aromatic heterocycles. The van der Waals surface area contributed by atoms with E-state index in [4.69, 9.17) is 4.74 Å². The highest BCUT2D eigenvalue weighted by atomic mass is 32.2. The summed E-state index contributed by atoms with van der Waals surface area (Å²) in [5, 5.41) is 3.21. The molecular weight excluding hydrogens is 404 g/mol. The molecule has 0 saturated heterocycles. The Kier molecular flexibility index (Phi) is 6.42. The second kappa shape index (κ2) is 8.85. The molecule has 3 rings (SSSR count). The second-order valence-corrected chi connectivity index (χ2v) is 8.09. The van der Waals surface area contributed by atoms with E-state index in [1.54, 1.807) is 20.4 Å². The van der Waals surface area contributed by atoms with Crippen molar-refractivity contribution in [1.29, 1.82) is 0 Å². The quantitative estimate of drug-likeness (QED) is 0.605. The summed E-state index contributed by atoms with van der Waals surface area (Å²) in [6, 6.07) is 5.81. The van der Waals surface area contributed by atoms with Crippen molar-refractivity contribution in [2.24, 2.45) is 14.1 Å². The second-order valence-electron chi connectivity index (χ2n) is 7.11. The smallest absolute Gasteiger partial charge is 0.332 e. The highest BCUT2D eigenvalue weighted by Crippen LogP contribution is 2.29. The fourth-order valence-electron chi connectivity index (χ4n) is 3.24. The van der Waals surface area contributed by atoms with Gasteiger partial charge >= 0.3 is 5.69 Å².